The Morgan fingerprint density at radius 2 is 2.00 bits per heavy atom. The van der Waals surface area contributed by atoms with Crippen LogP contribution >= 0.6 is 23.4 Å². The Balaban J connectivity index is 1.91. The molecule has 0 aromatic heterocycles. The SMILES string of the molecule is CCN1C(=O)/C(=C\c2cccc(OC)c2)SC1=Nc1ccc(Cl)cc1. The first-order valence-corrected chi connectivity index (χ1v) is 9.00. The monoisotopic (exact) mass is 372 g/mol. The van der Waals surface area contributed by atoms with Crippen LogP contribution in [0.4, 0.5) is 5.69 Å². The normalized spacial score (nSPS) is 17.6. The van der Waals surface area contributed by atoms with Crippen molar-refractivity contribution in [2.75, 3.05) is 13.7 Å². The lowest BCUT2D eigenvalue weighted by molar-refractivity contribution is -0.122. The second-order valence-corrected chi connectivity index (χ2v) is 6.75. The van der Waals surface area contributed by atoms with Gasteiger partial charge in [0.15, 0.2) is 5.17 Å². The van der Waals surface area contributed by atoms with Gasteiger partial charge in [0.2, 0.25) is 0 Å². The molecule has 0 unspecified atom stereocenters. The van der Waals surface area contributed by atoms with E-state index in [2.05, 4.69) is 4.99 Å². The third kappa shape index (κ3) is 4.06. The van der Waals surface area contributed by atoms with E-state index in [9.17, 15) is 4.79 Å². The summed E-state index contributed by atoms with van der Waals surface area (Å²) in [4.78, 5) is 19.6. The second-order valence-electron chi connectivity index (χ2n) is 5.31. The van der Waals surface area contributed by atoms with E-state index >= 15 is 0 Å². The first-order valence-electron chi connectivity index (χ1n) is 7.80. The van der Waals surface area contributed by atoms with E-state index < -0.39 is 0 Å². The van der Waals surface area contributed by atoms with Gasteiger partial charge in [-0.05, 0) is 66.7 Å². The van der Waals surface area contributed by atoms with E-state index in [0.717, 1.165) is 17.0 Å². The Morgan fingerprint density at radius 3 is 2.68 bits per heavy atom. The van der Waals surface area contributed by atoms with E-state index in [1.807, 2.05) is 49.4 Å². The fraction of sp³-hybridized carbons (Fsp3) is 0.158. The molecular weight excluding hydrogens is 356 g/mol. The van der Waals surface area contributed by atoms with Crippen LogP contribution in [-0.2, 0) is 4.79 Å². The van der Waals surface area contributed by atoms with E-state index in [0.29, 0.717) is 21.6 Å². The molecule has 0 N–H and O–H groups in total. The van der Waals surface area contributed by atoms with Gasteiger partial charge in [0.25, 0.3) is 5.91 Å². The number of benzene rings is 2. The molecule has 0 radical (unpaired) electrons. The maximum atomic E-state index is 12.7. The van der Waals surface area contributed by atoms with Crippen molar-refractivity contribution in [2.45, 2.75) is 6.92 Å². The Morgan fingerprint density at radius 1 is 1.24 bits per heavy atom. The molecule has 0 saturated carbocycles. The van der Waals surface area contributed by atoms with E-state index in [-0.39, 0.29) is 5.91 Å². The highest BCUT2D eigenvalue weighted by Gasteiger charge is 2.32. The van der Waals surface area contributed by atoms with Crippen LogP contribution in [0.1, 0.15) is 12.5 Å². The molecule has 2 aromatic rings. The Bertz CT molecular complexity index is 847. The number of nitrogens with zero attached hydrogens (tertiary/aromatic N) is 2. The van der Waals surface area contributed by atoms with Crippen molar-refractivity contribution < 1.29 is 9.53 Å². The lowest BCUT2D eigenvalue weighted by Crippen LogP contribution is -2.28. The summed E-state index contributed by atoms with van der Waals surface area (Å²) >= 11 is 7.28. The maximum absolute atomic E-state index is 12.7. The van der Waals surface area contributed by atoms with Crippen molar-refractivity contribution in [1.29, 1.82) is 0 Å². The third-order valence-electron chi connectivity index (χ3n) is 3.65. The molecule has 0 atom stereocenters. The molecule has 2 aromatic carbocycles. The molecular formula is C19H17ClN2O2S. The van der Waals surface area contributed by atoms with Gasteiger partial charge in [0.05, 0.1) is 17.7 Å². The number of rotatable bonds is 4. The van der Waals surface area contributed by atoms with Crippen LogP contribution in [0, 0.1) is 0 Å². The zero-order chi connectivity index (χ0) is 17.8. The summed E-state index contributed by atoms with van der Waals surface area (Å²) in [6.07, 6.45) is 1.86. The fourth-order valence-electron chi connectivity index (χ4n) is 2.38. The molecule has 1 fully saturated rings. The van der Waals surface area contributed by atoms with Crippen molar-refractivity contribution in [1.82, 2.24) is 4.90 Å². The van der Waals surface area contributed by atoms with Gasteiger partial charge < -0.3 is 4.74 Å². The van der Waals surface area contributed by atoms with Crippen LogP contribution in [-0.4, -0.2) is 29.6 Å². The van der Waals surface area contributed by atoms with Crippen molar-refractivity contribution in [3.8, 4) is 5.75 Å². The minimum atomic E-state index is -0.0389. The third-order valence-corrected chi connectivity index (χ3v) is 4.91. The molecule has 0 bridgehead atoms. The van der Waals surface area contributed by atoms with Crippen molar-refractivity contribution in [3.63, 3.8) is 0 Å². The molecule has 1 aliphatic rings. The van der Waals surface area contributed by atoms with Crippen molar-refractivity contribution in [2.24, 2.45) is 4.99 Å². The van der Waals surface area contributed by atoms with Gasteiger partial charge >= 0.3 is 0 Å². The van der Waals surface area contributed by atoms with E-state index in [4.69, 9.17) is 16.3 Å². The summed E-state index contributed by atoms with van der Waals surface area (Å²) in [6, 6.07) is 14.8. The highest BCUT2D eigenvalue weighted by molar-refractivity contribution is 8.18. The van der Waals surface area contributed by atoms with Gasteiger partial charge in [-0.2, -0.15) is 0 Å². The van der Waals surface area contributed by atoms with Gasteiger partial charge in [-0.3, -0.25) is 9.69 Å². The van der Waals surface area contributed by atoms with Gasteiger partial charge in [-0.15, -0.1) is 0 Å². The molecule has 1 heterocycles. The molecule has 4 nitrogen and oxygen atoms in total. The minimum absolute atomic E-state index is 0.0389. The predicted octanol–water partition coefficient (Wildman–Crippen LogP) is 4.97. The quantitative estimate of drug-likeness (QED) is 0.711. The molecule has 25 heavy (non-hydrogen) atoms. The number of carbonyl (C=O) groups excluding carboxylic acids is 1. The molecule has 6 heteroatoms. The van der Waals surface area contributed by atoms with E-state index in [1.54, 1.807) is 24.1 Å². The summed E-state index contributed by atoms with van der Waals surface area (Å²) in [7, 11) is 1.62. The standard InChI is InChI=1S/C19H17ClN2O2S/c1-3-22-18(23)17(12-13-5-4-6-16(11-13)24-2)25-19(22)21-15-9-7-14(20)8-10-15/h4-12H,3H2,1-2H3/b17-12+,21-19?. The van der Waals surface area contributed by atoms with Crippen molar-refractivity contribution in [3.05, 3.63) is 64.0 Å². The number of halogens is 1. The van der Waals surface area contributed by atoms with Crippen LogP contribution in [0.15, 0.2) is 58.4 Å². The smallest absolute Gasteiger partial charge is 0.266 e. The summed E-state index contributed by atoms with van der Waals surface area (Å²) in [5.41, 5.74) is 1.68. The number of thioether (sulfide) groups is 1. The number of amidine groups is 1. The summed E-state index contributed by atoms with van der Waals surface area (Å²) in [6.45, 7) is 2.50. The first-order chi connectivity index (χ1) is 12.1. The predicted molar refractivity (Wildman–Crippen MR) is 104 cm³/mol. The van der Waals surface area contributed by atoms with Crippen LogP contribution in [0.25, 0.3) is 6.08 Å². The Kier molecular flexibility index (Phi) is 5.46. The first kappa shape index (κ1) is 17.6. The lowest BCUT2D eigenvalue weighted by Gasteiger charge is -2.11. The Labute approximate surface area is 156 Å². The van der Waals surface area contributed by atoms with Gasteiger partial charge in [0, 0.05) is 11.6 Å². The lowest BCUT2D eigenvalue weighted by atomic mass is 10.2. The largest absolute Gasteiger partial charge is 0.497 e. The zero-order valence-corrected chi connectivity index (χ0v) is 15.5. The van der Waals surface area contributed by atoms with E-state index in [1.165, 1.54) is 11.8 Å². The molecule has 0 aliphatic carbocycles. The van der Waals surface area contributed by atoms with Crippen LogP contribution < -0.4 is 4.74 Å². The number of aliphatic imine (C=N–C) groups is 1. The van der Waals surface area contributed by atoms with Gasteiger partial charge in [-0.25, -0.2) is 4.99 Å². The number of hydrogen-bond acceptors (Lipinski definition) is 4. The molecule has 1 amide bonds. The second kappa shape index (κ2) is 7.76. The number of amides is 1. The van der Waals surface area contributed by atoms with Crippen LogP contribution in [0.2, 0.25) is 5.02 Å². The van der Waals surface area contributed by atoms with Gasteiger partial charge in [0.1, 0.15) is 5.75 Å². The average Bonchev–Trinajstić information content (AvgIpc) is 2.91. The summed E-state index contributed by atoms with van der Waals surface area (Å²) < 4.78 is 5.23. The number of carbonyl (C=O) groups is 1. The summed E-state index contributed by atoms with van der Waals surface area (Å²) in [5, 5.41) is 1.33. The highest BCUT2D eigenvalue weighted by atomic mass is 35.5. The molecule has 1 aliphatic heterocycles. The Hall–Kier alpha value is -2.24. The molecule has 1 saturated heterocycles. The molecule has 0 spiro atoms. The number of hydrogen-bond donors (Lipinski definition) is 0. The fourth-order valence-corrected chi connectivity index (χ4v) is 3.57. The van der Waals surface area contributed by atoms with Crippen LogP contribution in [0.3, 0.4) is 0 Å². The maximum Gasteiger partial charge on any atom is 0.266 e. The summed E-state index contributed by atoms with van der Waals surface area (Å²) in [5.74, 6) is 0.718. The number of likely N-dealkylation sites (N-methyl/N-ethyl adjacent to an activating group) is 1. The zero-order valence-electron chi connectivity index (χ0n) is 13.9. The average molecular weight is 373 g/mol. The van der Waals surface area contributed by atoms with Crippen LogP contribution in [0.5, 0.6) is 5.75 Å². The number of methoxy groups -OCH3 is 1. The molecule has 3 rings (SSSR count). The molecule has 128 valence electrons. The highest BCUT2D eigenvalue weighted by Crippen LogP contribution is 2.34. The minimum Gasteiger partial charge on any atom is -0.497 e. The van der Waals surface area contributed by atoms with Gasteiger partial charge in [-0.1, -0.05) is 23.7 Å². The van der Waals surface area contributed by atoms with Crippen molar-refractivity contribution >= 4 is 46.2 Å². The number of ether oxygens (including phenoxy) is 1. The topological polar surface area (TPSA) is 41.9 Å².